The van der Waals surface area contributed by atoms with Crippen LogP contribution in [0.15, 0.2) is 18.2 Å². The molecule has 1 aromatic rings. The lowest BCUT2D eigenvalue weighted by molar-refractivity contribution is 0.101. The maximum atomic E-state index is 11.7. The molecule has 0 aliphatic heterocycles. The van der Waals surface area contributed by atoms with E-state index in [2.05, 4.69) is 0 Å². The molecule has 0 spiro atoms. The monoisotopic (exact) mass is 318 g/mol. The molecule has 0 aromatic heterocycles. The summed E-state index contributed by atoms with van der Waals surface area (Å²) in [5.41, 5.74) is 1.64. The van der Waals surface area contributed by atoms with Gasteiger partial charge in [-0.15, -0.1) is 0 Å². The normalized spacial score (nSPS) is 17.5. The van der Waals surface area contributed by atoms with Crippen LogP contribution in [0.5, 0.6) is 0 Å². The minimum atomic E-state index is -1.03. The minimum Gasteiger partial charge on any atom is -0.291 e. The molecule has 0 N–H and O–H groups in total. The summed E-state index contributed by atoms with van der Waals surface area (Å²) >= 11 is 17.5. The van der Waals surface area contributed by atoms with Gasteiger partial charge in [0.05, 0.1) is 0 Å². The van der Waals surface area contributed by atoms with Crippen LogP contribution in [0.3, 0.4) is 0 Å². The number of benzene rings is 1. The number of hydrogen-bond donors (Lipinski definition) is 0. The Morgan fingerprint density at radius 2 is 1.74 bits per heavy atom. The standard InChI is InChI=1S/C15H17Cl3O/c16-13-9-11(14(19)15(17)18)7-8-12(13)10-5-3-1-2-4-6-10/h7-10,15H,1-6H2. The molecule has 0 saturated heterocycles. The lowest BCUT2D eigenvalue weighted by Gasteiger charge is -2.16. The molecular formula is C15H17Cl3O. The van der Waals surface area contributed by atoms with E-state index < -0.39 is 4.84 Å². The number of carbonyl (C=O) groups excluding carboxylic acids is 1. The van der Waals surface area contributed by atoms with Gasteiger partial charge in [0, 0.05) is 10.6 Å². The van der Waals surface area contributed by atoms with Crippen molar-refractivity contribution in [3.63, 3.8) is 0 Å². The smallest absolute Gasteiger partial charge is 0.195 e. The maximum Gasteiger partial charge on any atom is 0.195 e. The van der Waals surface area contributed by atoms with Crippen LogP contribution in [0.1, 0.15) is 60.4 Å². The molecule has 0 heterocycles. The van der Waals surface area contributed by atoms with Gasteiger partial charge in [0.1, 0.15) is 0 Å². The second-order valence-electron chi connectivity index (χ2n) is 5.09. The van der Waals surface area contributed by atoms with Crippen molar-refractivity contribution >= 4 is 40.6 Å². The van der Waals surface area contributed by atoms with Crippen LogP contribution in [0.25, 0.3) is 0 Å². The zero-order chi connectivity index (χ0) is 13.8. The molecule has 1 saturated carbocycles. The van der Waals surface area contributed by atoms with Crippen molar-refractivity contribution in [3.8, 4) is 0 Å². The lowest BCUT2D eigenvalue weighted by atomic mass is 9.91. The summed E-state index contributed by atoms with van der Waals surface area (Å²) in [6, 6.07) is 5.44. The average molecular weight is 320 g/mol. The number of rotatable bonds is 3. The fourth-order valence-corrected chi connectivity index (χ4v) is 3.31. The first-order chi connectivity index (χ1) is 9.09. The first-order valence-electron chi connectivity index (χ1n) is 6.71. The summed E-state index contributed by atoms with van der Waals surface area (Å²) in [5, 5.41) is 0.659. The van der Waals surface area contributed by atoms with Crippen LogP contribution in [0.2, 0.25) is 5.02 Å². The van der Waals surface area contributed by atoms with Crippen LogP contribution in [0.4, 0.5) is 0 Å². The van der Waals surface area contributed by atoms with Crippen LogP contribution < -0.4 is 0 Å². The maximum absolute atomic E-state index is 11.7. The fourth-order valence-electron chi connectivity index (χ4n) is 2.73. The highest BCUT2D eigenvalue weighted by atomic mass is 35.5. The Balaban J connectivity index is 2.21. The molecule has 104 valence electrons. The van der Waals surface area contributed by atoms with Gasteiger partial charge >= 0.3 is 0 Å². The molecule has 4 heteroatoms. The van der Waals surface area contributed by atoms with E-state index in [1.54, 1.807) is 12.1 Å². The summed E-state index contributed by atoms with van der Waals surface area (Å²) in [5.74, 6) is 0.222. The molecule has 1 aliphatic carbocycles. The largest absolute Gasteiger partial charge is 0.291 e. The second kappa shape index (κ2) is 6.97. The van der Waals surface area contributed by atoms with Gasteiger partial charge in [-0.1, -0.05) is 72.6 Å². The van der Waals surface area contributed by atoms with E-state index in [9.17, 15) is 4.79 Å². The number of Topliss-reactive ketones (excluding diaryl/α,β-unsaturated/α-hetero) is 1. The van der Waals surface area contributed by atoms with Crippen molar-refractivity contribution in [1.29, 1.82) is 0 Å². The van der Waals surface area contributed by atoms with Crippen molar-refractivity contribution in [2.24, 2.45) is 0 Å². The SMILES string of the molecule is O=C(c1ccc(C2CCCCCC2)c(Cl)c1)C(Cl)Cl. The van der Waals surface area contributed by atoms with Crippen LogP contribution >= 0.6 is 34.8 Å². The van der Waals surface area contributed by atoms with Crippen molar-refractivity contribution in [2.45, 2.75) is 49.3 Å². The number of ketones is 1. The summed E-state index contributed by atoms with van der Waals surface area (Å²) in [7, 11) is 0. The Labute approximate surface area is 129 Å². The van der Waals surface area contributed by atoms with E-state index in [1.165, 1.54) is 38.5 Å². The zero-order valence-electron chi connectivity index (χ0n) is 10.7. The molecule has 0 bridgehead atoms. The number of carbonyl (C=O) groups is 1. The molecule has 2 rings (SSSR count). The second-order valence-corrected chi connectivity index (χ2v) is 6.59. The van der Waals surface area contributed by atoms with Crippen LogP contribution in [-0.2, 0) is 0 Å². The van der Waals surface area contributed by atoms with Gasteiger partial charge in [-0.05, 0) is 30.4 Å². The number of hydrogen-bond acceptors (Lipinski definition) is 1. The first-order valence-corrected chi connectivity index (χ1v) is 7.96. The van der Waals surface area contributed by atoms with E-state index >= 15 is 0 Å². The molecule has 0 amide bonds. The molecule has 1 aromatic carbocycles. The van der Waals surface area contributed by atoms with E-state index in [0.717, 1.165) is 5.56 Å². The Morgan fingerprint density at radius 1 is 1.11 bits per heavy atom. The average Bonchev–Trinajstić information content (AvgIpc) is 2.66. The third kappa shape index (κ3) is 3.87. The molecule has 19 heavy (non-hydrogen) atoms. The molecule has 0 atom stereocenters. The topological polar surface area (TPSA) is 17.1 Å². The first kappa shape index (κ1) is 15.2. The summed E-state index contributed by atoms with van der Waals surface area (Å²) in [6.07, 6.45) is 7.50. The summed E-state index contributed by atoms with van der Waals surface area (Å²) in [4.78, 5) is 10.7. The highest BCUT2D eigenvalue weighted by molar-refractivity contribution is 6.55. The number of halogens is 3. The van der Waals surface area contributed by atoms with E-state index in [0.29, 0.717) is 16.5 Å². The highest BCUT2D eigenvalue weighted by Gasteiger charge is 2.20. The quantitative estimate of drug-likeness (QED) is 0.393. The van der Waals surface area contributed by atoms with Crippen molar-refractivity contribution in [2.75, 3.05) is 0 Å². The fraction of sp³-hybridized carbons (Fsp3) is 0.533. The lowest BCUT2D eigenvalue weighted by Crippen LogP contribution is -2.09. The van der Waals surface area contributed by atoms with Gasteiger partial charge in [0.2, 0.25) is 0 Å². The van der Waals surface area contributed by atoms with Gasteiger partial charge in [0.15, 0.2) is 10.6 Å². The highest BCUT2D eigenvalue weighted by Crippen LogP contribution is 2.36. The predicted octanol–water partition coefficient (Wildman–Crippen LogP) is 5.76. The van der Waals surface area contributed by atoms with E-state index in [-0.39, 0.29) is 5.78 Å². The third-order valence-corrected chi connectivity index (χ3v) is 4.50. The predicted molar refractivity (Wildman–Crippen MR) is 81.7 cm³/mol. The molecular weight excluding hydrogens is 303 g/mol. The van der Waals surface area contributed by atoms with Crippen LogP contribution in [0, 0.1) is 0 Å². The number of alkyl halides is 2. The Kier molecular flexibility index (Phi) is 5.56. The van der Waals surface area contributed by atoms with Gasteiger partial charge in [0.25, 0.3) is 0 Å². The Hall–Kier alpha value is -0.240. The van der Waals surface area contributed by atoms with Crippen LogP contribution in [-0.4, -0.2) is 10.6 Å². The Bertz CT molecular complexity index is 449. The van der Waals surface area contributed by atoms with Crippen molar-refractivity contribution in [1.82, 2.24) is 0 Å². The zero-order valence-corrected chi connectivity index (χ0v) is 12.9. The van der Waals surface area contributed by atoms with E-state index in [4.69, 9.17) is 34.8 Å². The minimum absolute atomic E-state index is 0.294. The van der Waals surface area contributed by atoms with Gasteiger partial charge in [-0.3, -0.25) is 4.79 Å². The van der Waals surface area contributed by atoms with E-state index in [1.807, 2.05) is 6.07 Å². The third-order valence-electron chi connectivity index (χ3n) is 3.78. The molecule has 0 radical (unpaired) electrons. The molecule has 1 fully saturated rings. The molecule has 1 aliphatic rings. The van der Waals surface area contributed by atoms with Gasteiger partial charge in [-0.2, -0.15) is 0 Å². The van der Waals surface area contributed by atoms with Gasteiger partial charge < -0.3 is 0 Å². The van der Waals surface area contributed by atoms with Crippen molar-refractivity contribution in [3.05, 3.63) is 34.3 Å². The molecule has 1 nitrogen and oxygen atoms in total. The Morgan fingerprint density at radius 3 is 2.26 bits per heavy atom. The summed E-state index contributed by atoms with van der Waals surface area (Å²) in [6.45, 7) is 0. The summed E-state index contributed by atoms with van der Waals surface area (Å²) < 4.78 is 0. The van der Waals surface area contributed by atoms with Crippen molar-refractivity contribution < 1.29 is 4.79 Å². The van der Waals surface area contributed by atoms with Gasteiger partial charge in [-0.25, -0.2) is 0 Å². The molecule has 0 unspecified atom stereocenters.